The zero-order valence-electron chi connectivity index (χ0n) is 14.0. The minimum absolute atomic E-state index is 0.233. The van der Waals surface area contributed by atoms with E-state index in [1.807, 2.05) is 0 Å². The van der Waals surface area contributed by atoms with E-state index in [1.165, 1.54) is 4.90 Å². The molecule has 2 heterocycles. The second-order valence-electron chi connectivity index (χ2n) is 5.93. The number of nitrogens with zero attached hydrogens (tertiary/aromatic N) is 3. The SMILES string of the molecule is CC[C@@H]1C(=O)N(c2ccc(OC)cc2)[C@H](c2cccnc2)[C@H]1[N+](=O)[O-]. The van der Waals surface area contributed by atoms with Crippen LogP contribution < -0.4 is 9.64 Å². The fourth-order valence-corrected chi connectivity index (χ4v) is 3.44. The number of ether oxygens (including phenoxy) is 1. The van der Waals surface area contributed by atoms with Gasteiger partial charge >= 0.3 is 0 Å². The lowest BCUT2D eigenvalue weighted by Crippen LogP contribution is -2.33. The van der Waals surface area contributed by atoms with Gasteiger partial charge in [0.25, 0.3) is 0 Å². The molecular formula is C18H19N3O4. The fourth-order valence-electron chi connectivity index (χ4n) is 3.44. The zero-order valence-corrected chi connectivity index (χ0v) is 14.0. The van der Waals surface area contributed by atoms with Gasteiger partial charge in [-0.25, -0.2) is 0 Å². The first kappa shape index (κ1) is 16.9. The van der Waals surface area contributed by atoms with Gasteiger partial charge in [-0.2, -0.15) is 0 Å². The number of hydrogen-bond donors (Lipinski definition) is 0. The van der Waals surface area contributed by atoms with Crippen LogP contribution in [0, 0.1) is 16.0 Å². The van der Waals surface area contributed by atoms with Crippen LogP contribution in [0.5, 0.6) is 5.75 Å². The number of nitro groups is 1. The van der Waals surface area contributed by atoms with Gasteiger partial charge in [-0.3, -0.25) is 24.8 Å². The van der Waals surface area contributed by atoms with Crippen LogP contribution in [0.15, 0.2) is 48.8 Å². The molecule has 3 rings (SSSR count). The van der Waals surface area contributed by atoms with Crippen LogP contribution in [-0.4, -0.2) is 29.0 Å². The first-order valence-electron chi connectivity index (χ1n) is 8.09. The molecule has 1 amide bonds. The Morgan fingerprint density at radius 1 is 1.28 bits per heavy atom. The minimum Gasteiger partial charge on any atom is -0.497 e. The number of methoxy groups -OCH3 is 1. The van der Waals surface area contributed by atoms with E-state index in [1.54, 1.807) is 62.8 Å². The Bertz CT molecular complexity index is 764. The molecule has 0 saturated carbocycles. The standard InChI is InChI=1S/C18H19N3O4/c1-3-15-17(21(23)24)16(12-5-4-10-19-11-12)20(18(15)22)13-6-8-14(25-2)9-7-13/h4-11,15-17H,3H2,1-2H3/t15-,16+,17-/m0/s1. The third-order valence-corrected chi connectivity index (χ3v) is 4.63. The van der Waals surface area contributed by atoms with Crippen LogP contribution in [0.3, 0.4) is 0 Å². The molecule has 3 atom stereocenters. The van der Waals surface area contributed by atoms with Crippen LogP contribution in [-0.2, 0) is 4.79 Å². The molecular weight excluding hydrogens is 322 g/mol. The van der Waals surface area contributed by atoms with Gasteiger partial charge in [-0.05, 0) is 36.8 Å². The summed E-state index contributed by atoms with van der Waals surface area (Å²) in [7, 11) is 1.56. The Balaban J connectivity index is 2.11. The lowest BCUT2D eigenvalue weighted by molar-refractivity contribution is -0.530. The summed E-state index contributed by atoms with van der Waals surface area (Å²) < 4.78 is 5.15. The molecule has 0 radical (unpaired) electrons. The summed E-state index contributed by atoms with van der Waals surface area (Å²) in [6, 6.07) is 8.77. The van der Waals surface area contributed by atoms with Crippen molar-refractivity contribution >= 4 is 11.6 Å². The lowest BCUT2D eigenvalue weighted by atomic mass is 9.93. The number of amides is 1. The molecule has 1 aromatic carbocycles. The van der Waals surface area contributed by atoms with Gasteiger partial charge in [0.05, 0.1) is 7.11 Å². The molecule has 130 valence electrons. The maximum Gasteiger partial charge on any atom is 0.249 e. The quantitative estimate of drug-likeness (QED) is 0.616. The molecule has 1 aromatic heterocycles. The molecule has 0 bridgehead atoms. The predicted octanol–water partition coefficient (Wildman–Crippen LogP) is 2.85. The Morgan fingerprint density at radius 3 is 2.52 bits per heavy atom. The van der Waals surface area contributed by atoms with Crippen LogP contribution >= 0.6 is 0 Å². The maximum absolute atomic E-state index is 13.0. The number of aromatic nitrogens is 1. The highest BCUT2D eigenvalue weighted by Crippen LogP contribution is 2.42. The first-order valence-corrected chi connectivity index (χ1v) is 8.09. The van der Waals surface area contributed by atoms with Crippen molar-refractivity contribution in [2.75, 3.05) is 12.0 Å². The van der Waals surface area contributed by atoms with Crippen molar-refractivity contribution in [2.45, 2.75) is 25.4 Å². The Hall–Kier alpha value is -2.96. The monoisotopic (exact) mass is 341 g/mol. The molecule has 7 nitrogen and oxygen atoms in total. The number of anilines is 1. The average molecular weight is 341 g/mol. The molecule has 0 aliphatic carbocycles. The fraction of sp³-hybridized carbons (Fsp3) is 0.333. The molecule has 2 aromatic rings. The van der Waals surface area contributed by atoms with E-state index in [0.29, 0.717) is 23.4 Å². The van der Waals surface area contributed by atoms with Crippen LogP contribution in [0.4, 0.5) is 5.69 Å². The number of benzene rings is 1. The van der Waals surface area contributed by atoms with Gasteiger partial charge in [0, 0.05) is 28.6 Å². The Labute approximate surface area is 145 Å². The maximum atomic E-state index is 13.0. The van der Waals surface area contributed by atoms with Crippen molar-refractivity contribution in [1.29, 1.82) is 0 Å². The van der Waals surface area contributed by atoms with E-state index in [0.717, 1.165) is 0 Å². The lowest BCUT2D eigenvalue weighted by Gasteiger charge is -2.25. The number of hydrogen-bond acceptors (Lipinski definition) is 5. The van der Waals surface area contributed by atoms with E-state index < -0.39 is 18.0 Å². The summed E-state index contributed by atoms with van der Waals surface area (Å²) in [5.41, 5.74) is 1.27. The average Bonchev–Trinajstić information content (AvgIpc) is 2.95. The molecule has 1 aliphatic heterocycles. The van der Waals surface area contributed by atoms with Crippen molar-refractivity contribution in [2.24, 2.45) is 5.92 Å². The minimum atomic E-state index is -1.01. The molecule has 1 aliphatic rings. The second-order valence-corrected chi connectivity index (χ2v) is 5.93. The van der Waals surface area contributed by atoms with Gasteiger partial charge < -0.3 is 4.74 Å². The number of pyridine rings is 1. The second kappa shape index (κ2) is 6.88. The van der Waals surface area contributed by atoms with Crippen LogP contribution in [0.1, 0.15) is 24.9 Å². The van der Waals surface area contributed by atoms with Crippen molar-refractivity contribution in [3.8, 4) is 5.75 Å². The molecule has 1 saturated heterocycles. The third kappa shape index (κ3) is 2.93. The number of rotatable bonds is 5. The third-order valence-electron chi connectivity index (χ3n) is 4.63. The summed E-state index contributed by atoms with van der Waals surface area (Å²) in [5, 5.41) is 11.8. The van der Waals surface area contributed by atoms with Gasteiger partial charge in [0.2, 0.25) is 11.9 Å². The molecule has 1 fully saturated rings. The molecule has 0 N–H and O–H groups in total. The van der Waals surface area contributed by atoms with Gasteiger partial charge in [-0.1, -0.05) is 13.0 Å². The predicted molar refractivity (Wildman–Crippen MR) is 92.0 cm³/mol. The van der Waals surface area contributed by atoms with Crippen LogP contribution in [0.2, 0.25) is 0 Å². The Kier molecular flexibility index (Phi) is 4.65. The van der Waals surface area contributed by atoms with Crippen molar-refractivity contribution in [1.82, 2.24) is 4.98 Å². The number of carbonyl (C=O) groups excluding carboxylic acids is 1. The first-order chi connectivity index (χ1) is 12.1. The summed E-state index contributed by atoms with van der Waals surface area (Å²) in [4.78, 5) is 30.0. The topological polar surface area (TPSA) is 85.6 Å². The van der Waals surface area contributed by atoms with Crippen LogP contribution in [0.25, 0.3) is 0 Å². The van der Waals surface area contributed by atoms with Crippen molar-refractivity contribution < 1.29 is 14.5 Å². The Morgan fingerprint density at radius 2 is 2.00 bits per heavy atom. The highest BCUT2D eigenvalue weighted by Gasteiger charge is 2.55. The summed E-state index contributed by atoms with van der Waals surface area (Å²) in [5.74, 6) is -0.239. The highest BCUT2D eigenvalue weighted by atomic mass is 16.6. The van der Waals surface area contributed by atoms with E-state index in [9.17, 15) is 14.9 Å². The molecule has 7 heteroatoms. The van der Waals surface area contributed by atoms with Gasteiger partial charge in [0.15, 0.2) is 0 Å². The zero-order chi connectivity index (χ0) is 18.0. The molecule has 25 heavy (non-hydrogen) atoms. The van der Waals surface area contributed by atoms with E-state index >= 15 is 0 Å². The van der Waals surface area contributed by atoms with E-state index in [-0.39, 0.29) is 10.8 Å². The van der Waals surface area contributed by atoms with E-state index in [2.05, 4.69) is 4.98 Å². The van der Waals surface area contributed by atoms with Crippen molar-refractivity contribution in [3.63, 3.8) is 0 Å². The van der Waals surface area contributed by atoms with Crippen molar-refractivity contribution in [3.05, 3.63) is 64.5 Å². The summed E-state index contributed by atoms with van der Waals surface area (Å²) >= 11 is 0. The van der Waals surface area contributed by atoms with Gasteiger partial charge in [-0.15, -0.1) is 0 Å². The highest BCUT2D eigenvalue weighted by molar-refractivity contribution is 5.99. The summed E-state index contributed by atoms with van der Waals surface area (Å²) in [6.07, 6.45) is 3.60. The normalized spacial score (nSPS) is 22.9. The van der Waals surface area contributed by atoms with Gasteiger partial charge in [0.1, 0.15) is 17.7 Å². The summed E-state index contributed by atoms with van der Waals surface area (Å²) in [6.45, 7) is 1.80. The smallest absolute Gasteiger partial charge is 0.249 e. The number of carbonyl (C=O) groups is 1. The molecule has 0 spiro atoms. The molecule has 0 unspecified atom stereocenters. The van der Waals surface area contributed by atoms with E-state index in [4.69, 9.17) is 4.74 Å². The largest absolute Gasteiger partial charge is 0.497 e.